The van der Waals surface area contributed by atoms with E-state index in [1.807, 2.05) is 13.8 Å². The van der Waals surface area contributed by atoms with Gasteiger partial charge in [0.1, 0.15) is 0 Å². The third kappa shape index (κ3) is 3.85. The molecule has 1 aromatic carbocycles. The highest BCUT2D eigenvalue weighted by atomic mass is 32.2. The van der Waals surface area contributed by atoms with Crippen molar-refractivity contribution in [2.75, 3.05) is 0 Å². The lowest BCUT2D eigenvalue weighted by atomic mass is 9.82. The van der Waals surface area contributed by atoms with Gasteiger partial charge in [-0.3, -0.25) is 4.18 Å². The van der Waals surface area contributed by atoms with Crippen molar-refractivity contribution < 1.29 is 12.6 Å². The Kier molecular flexibility index (Phi) is 5.04. The number of benzene rings is 1. The van der Waals surface area contributed by atoms with Gasteiger partial charge in [0.2, 0.25) is 0 Å². The summed E-state index contributed by atoms with van der Waals surface area (Å²) in [6.07, 6.45) is 3.69. The van der Waals surface area contributed by atoms with E-state index in [1.54, 1.807) is 24.3 Å². The Bertz CT molecular complexity index is 637. The van der Waals surface area contributed by atoms with Gasteiger partial charge >= 0.3 is 0 Å². The van der Waals surface area contributed by atoms with Gasteiger partial charge in [-0.25, -0.2) is 0 Å². The Labute approximate surface area is 127 Å². The van der Waals surface area contributed by atoms with Crippen molar-refractivity contribution in [3.05, 3.63) is 47.7 Å². The summed E-state index contributed by atoms with van der Waals surface area (Å²) in [5, 5.41) is 0. The predicted octanol–water partition coefficient (Wildman–Crippen LogP) is 3.99. The monoisotopic (exact) mass is 306 g/mol. The van der Waals surface area contributed by atoms with Crippen molar-refractivity contribution in [1.82, 2.24) is 0 Å². The van der Waals surface area contributed by atoms with E-state index < -0.39 is 10.1 Å². The molecule has 114 valence electrons. The van der Waals surface area contributed by atoms with E-state index in [1.165, 1.54) is 0 Å². The van der Waals surface area contributed by atoms with Crippen molar-refractivity contribution >= 4 is 10.1 Å². The highest BCUT2D eigenvalue weighted by Gasteiger charge is 2.29. The fourth-order valence-electron chi connectivity index (χ4n) is 2.80. The number of rotatable bonds is 4. The third-order valence-electron chi connectivity index (χ3n) is 4.04. The maximum absolute atomic E-state index is 12.3. The normalized spacial score (nSPS) is 20.9. The maximum atomic E-state index is 12.3. The minimum atomic E-state index is -3.72. The minimum absolute atomic E-state index is 0.0940. The Morgan fingerprint density at radius 1 is 1.29 bits per heavy atom. The smallest absolute Gasteiger partial charge is 0.263 e. The Morgan fingerprint density at radius 3 is 2.57 bits per heavy atom. The molecule has 1 aliphatic rings. The molecule has 1 saturated carbocycles. The molecule has 0 radical (unpaired) electrons. The van der Waals surface area contributed by atoms with Crippen molar-refractivity contribution in [3.63, 3.8) is 0 Å². The summed E-state index contributed by atoms with van der Waals surface area (Å²) in [5.41, 5.74) is 5.07. The van der Waals surface area contributed by atoms with Crippen LogP contribution in [0.3, 0.4) is 0 Å². The summed E-state index contributed by atoms with van der Waals surface area (Å²) < 4.78 is 30.1. The Morgan fingerprint density at radius 2 is 1.95 bits per heavy atom. The van der Waals surface area contributed by atoms with Crippen LogP contribution in [0, 0.1) is 12.8 Å². The molecule has 2 rings (SSSR count). The maximum Gasteiger partial charge on any atom is 0.297 e. The van der Waals surface area contributed by atoms with Crippen LogP contribution >= 0.6 is 0 Å². The molecule has 4 heteroatoms. The first-order valence-electron chi connectivity index (χ1n) is 7.33. The molecule has 0 unspecified atom stereocenters. The molecule has 0 heterocycles. The Hall–Kier alpha value is -1.35. The zero-order valence-electron chi connectivity index (χ0n) is 12.6. The molecule has 1 aliphatic carbocycles. The highest BCUT2D eigenvalue weighted by Crippen LogP contribution is 2.33. The predicted molar refractivity (Wildman–Crippen MR) is 83.5 cm³/mol. The molecule has 1 fully saturated rings. The van der Waals surface area contributed by atoms with Gasteiger partial charge in [0.25, 0.3) is 10.1 Å². The van der Waals surface area contributed by atoms with Crippen LogP contribution in [0.15, 0.2) is 47.0 Å². The molecule has 0 saturated heterocycles. The van der Waals surface area contributed by atoms with Gasteiger partial charge in [-0.2, -0.15) is 8.42 Å². The quantitative estimate of drug-likeness (QED) is 0.624. The lowest BCUT2D eigenvalue weighted by molar-refractivity contribution is 0.160. The van der Waals surface area contributed by atoms with Gasteiger partial charge in [-0.05, 0) is 50.8 Å². The van der Waals surface area contributed by atoms with E-state index in [4.69, 9.17) is 4.18 Å². The molecule has 0 bridgehead atoms. The van der Waals surface area contributed by atoms with E-state index >= 15 is 0 Å². The van der Waals surface area contributed by atoms with E-state index in [-0.39, 0.29) is 16.9 Å². The molecule has 0 spiro atoms. The van der Waals surface area contributed by atoms with Crippen molar-refractivity contribution in [1.29, 1.82) is 0 Å². The second-order valence-corrected chi connectivity index (χ2v) is 7.19. The van der Waals surface area contributed by atoms with Crippen LogP contribution in [0.2, 0.25) is 0 Å². The van der Waals surface area contributed by atoms with Crippen LogP contribution in [0.25, 0.3) is 0 Å². The number of hydrogen-bond donors (Lipinski definition) is 0. The van der Waals surface area contributed by atoms with Gasteiger partial charge in [-0.15, -0.1) is 5.73 Å². The molecule has 21 heavy (non-hydrogen) atoms. The first-order chi connectivity index (χ1) is 9.94. The van der Waals surface area contributed by atoms with Crippen molar-refractivity contribution in [3.8, 4) is 0 Å². The first kappa shape index (κ1) is 16.0. The van der Waals surface area contributed by atoms with Gasteiger partial charge in [0.05, 0.1) is 11.0 Å². The van der Waals surface area contributed by atoms with E-state index in [2.05, 4.69) is 12.3 Å². The summed E-state index contributed by atoms with van der Waals surface area (Å²) in [7, 11) is -3.72. The van der Waals surface area contributed by atoms with Crippen LogP contribution in [-0.4, -0.2) is 14.5 Å². The van der Waals surface area contributed by atoms with Crippen LogP contribution < -0.4 is 0 Å². The summed E-state index contributed by atoms with van der Waals surface area (Å²) in [4.78, 5) is 0.208. The number of hydrogen-bond acceptors (Lipinski definition) is 3. The van der Waals surface area contributed by atoms with Crippen molar-refractivity contribution in [2.24, 2.45) is 5.92 Å². The van der Waals surface area contributed by atoms with Crippen LogP contribution in [0.5, 0.6) is 0 Å². The SMILES string of the molecule is C=C=C1CCCC[C@@H]1[C@@H](C)OS(=O)(=O)c1ccc(C)cc1. The molecule has 3 nitrogen and oxygen atoms in total. The molecule has 2 atom stereocenters. The summed E-state index contributed by atoms with van der Waals surface area (Å²) >= 11 is 0. The second-order valence-electron chi connectivity index (χ2n) is 5.62. The molecule has 0 N–H and O–H groups in total. The average Bonchev–Trinajstić information content (AvgIpc) is 2.47. The third-order valence-corrected chi connectivity index (χ3v) is 5.45. The summed E-state index contributed by atoms with van der Waals surface area (Å²) in [5.74, 6) is 0.0940. The lowest BCUT2D eigenvalue weighted by Gasteiger charge is -2.28. The zero-order valence-corrected chi connectivity index (χ0v) is 13.4. The standard InChI is InChI=1S/C17H22O3S/c1-4-15-7-5-6-8-17(15)14(3)20-21(18,19)16-11-9-13(2)10-12-16/h9-12,14,17H,1,5-8H2,2-3H3/t14-,17-/m1/s1. The second kappa shape index (κ2) is 6.61. The minimum Gasteiger partial charge on any atom is -0.263 e. The van der Waals surface area contributed by atoms with Crippen LogP contribution in [0.4, 0.5) is 0 Å². The zero-order chi connectivity index (χ0) is 15.5. The fourth-order valence-corrected chi connectivity index (χ4v) is 3.92. The Balaban J connectivity index is 2.15. The molecule has 0 aliphatic heterocycles. The van der Waals surface area contributed by atoms with Crippen LogP contribution in [-0.2, 0) is 14.3 Å². The molecule has 0 aromatic heterocycles. The first-order valence-corrected chi connectivity index (χ1v) is 8.73. The molecule has 0 amide bonds. The summed E-state index contributed by atoms with van der Waals surface area (Å²) in [6.45, 7) is 7.45. The van der Waals surface area contributed by atoms with Crippen LogP contribution in [0.1, 0.15) is 38.2 Å². The van der Waals surface area contributed by atoms with E-state index in [9.17, 15) is 8.42 Å². The largest absolute Gasteiger partial charge is 0.297 e. The van der Waals surface area contributed by atoms with Gasteiger partial charge in [-0.1, -0.05) is 30.7 Å². The molecular weight excluding hydrogens is 284 g/mol. The average molecular weight is 306 g/mol. The van der Waals surface area contributed by atoms with Crippen molar-refractivity contribution in [2.45, 2.75) is 50.5 Å². The highest BCUT2D eigenvalue weighted by molar-refractivity contribution is 7.86. The van der Waals surface area contributed by atoms with E-state index in [0.29, 0.717) is 0 Å². The topological polar surface area (TPSA) is 43.4 Å². The van der Waals surface area contributed by atoms with Gasteiger partial charge in [0.15, 0.2) is 0 Å². The fraction of sp³-hybridized carbons (Fsp3) is 0.471. The van der Waals surface area contributed by atoms with Gasteiger partial charge < -0.3 is 0 Å². The van der Waals surface area contributed by atoms with E-state index in [0.717, 1.165) is 36.8 Å². The lowest BCUT2D eigenvalue weighted by Crippen LogP contribution is -2.27. The molecule has 1 aromatic rings. The molecular formula is C17H22O3S. The summed E-state index contributed by atoms with van der Waals surface area (Å²) in [6, 6.07) is 6.72. The number of aryl methyl sites for hydroxylation is 1. The van der Waals surface area contributed by atoms with Gasteiger partial charge in [0, 0.05) is 5.92 Å².